The Kier molecular flexibility index (Phi) is 4.22. The van der Waals surface area contributed by atoms with E-state index < -0.39 is 11.3 Å². The highest BCUT2D eigenvalue weighted by Gasteiger charge is 2.39. The van der Waals surface area contributed by atoms with E-state index in [1.165, 1.54) is 5.56 Å². The lowest BCUT2D eigenvalue weighted by molar-refractivity contribution is -0.127. The fraction of sp³-hybridized carbons (Fsp3) is 0.273. The Morgan fingerprint density at radius 2 is 1.78 bits per heavy atom. The van der Waals surface area contributed by atoms with Crippen molar-refractivity contribution >= 4 is 22.8 Å². The second-order valence-corrected chi connectivity index (χ2v) is 7.30. The van der Waals surface area contributed by atoms with E-state index in [9.17, 15) is 9.59 Å². The molecular formula is C22H22N2O3. The van der Waals surface area contributed by atoms with E-state index in [-0.39, 0.29) is 11.7 Å². The van der Waals surface area contributed by atoms with Crippen LogP contribution >= 0.6 is 0 Å². The fourth-order valence-electron chi connectivity index (χ4n) is 3.98. The monoisotopic (exact) mass is 362 g/mol. The number of carbonyl (C=O) groups is 2. The highest BCUT2D eigenvalue weighted by atomic mass is 16.3. The van der Waals surface area contributed by atoms with Crippen molar-refractivity contribution < 1.29 is 14.0 Å². The Bertz CT molecular complexity index is 1040. The highest BCUT2D eigenvalue weighted by Crippen LogP contribution is 2.37. The molecule has 1 aliphatic rings. The fourth-order valence-corrected chi connectivity index (χ4v) is 3.98. The molecule has 27 heavy (non-hydrogen) atoms. The summed E-state index contributed by atoms with van der Waals surface area (Å²) in [5, 5.41) is 0.891. The van der Waals surface area contributed by atoms with Crippen LogP contribution in [0, 0.1) is 6.92 Å². The first-order chi connectivity index (χ1) is 13.0. The van der Waals surface area contributed by atoms with Gasteiger partial charge in [-0.1, -0.05) is 42.5 Å². The molecular weight excluding hydrogens is 340 g/mol. The van der Waals surface area contributed by atoms with Crippen molar-refractivity contribution in [2.75, 3.05) is 0 Å². The van der Waals surface area contributed by atoms with Crippen LogP contribution in [-0.2, 0) is 16.6 Å². The molecule has 0 saturated heterocycles. The molecule has 0 spiro atoms. The Labute approximate surface area is 157 Å². The average molecular weight is 362 g/mol. The number of amides is 2. The van der Waals surface area contributed by atoms with Gasteiger partial charge in [0.15, 0.2) is 5.76 Å². The number of fused-ring (bicyclic) bond motifs is 2. The van der Waals surface area contributed by atoms with Crippen molar-refractivity contribution in [3.05, 3.63) is 71.0 Å². The summed E-state index contributed by atoms with van der Waals surface area (Å²) in [5.74, 6) is -0.452. The average Bonchev–Trinajstić information content (AvgIpc) is 3.03. The van der Waals surface area contributed by atoms with Crippen LogP contribution in [0.2, 0.25) is 0 Å². The second kappa shape index (κ2) is 6.58. The van der Waals surface area contributed by atoms with E-state index in [1.54, 1.807) is 0 Å². The third kappa shape index (κ3) is 2.89. The minimum absolute atomic E-state index is 0.211. The molecule has 2 amide bonds. The molecule has 1 unspecified atom stereocenters. The molecule has 2 aromatic carbocycles. The molecule has 5 heteroatoms. The zero-order valence-electron chi connectivity index (χ0n) is 15.5. The Balaban J connectivity index is 1.52. The molecule has 5 nitrogen and oxygen atoms in total. The third-order valence-electron chi connectivity index (χ3n) is 5.58. The third-order valence-corrected chi connectivity index (χ3v) is 5.58. The number of hydrogen-bond acceptors (Lipinski definition) is 3. The van der Waals surface area contributed by atoms with Gasteiger partial charge in [-0.15, -0.1) is 0 Å². The number of rotatable bonds is 2. The van der Waals surface area contributed by atoms with E-state index in [4.69, 9.17) is 4.42 Å². The van der Waals surface area contributed by atoms with Crippen LogP contribution in [0.4, 0.5) is 0 Å². The van der Waals surface area contributed by atoms with Gasteiger partial charge in [0.25, 0.3) is 0 Å². The molecule has 1 aliphatic carbocycles. The van der Waals surface area contributed by atoms with Crippen LogP contribution in [0.15, 0.2) is 52.9 Å². The normalized spacial score (nSPS) is 18.7. The van der Waals surface area contributed by atoms with Gasteiger partial charge < -0.3 is 4.42 Å². The second-order valence-electron chi connectivity index (χ2n) is 7.30. The predicted octanol–water partition coefficient (Wildman–Crippen LogP) is 3.80. The highest BCUT2D eigenvalue weighted by molar-refractivity contribution is 6.00. The number of para-hydroxylation sites is 1. The van der Waals surface area contributed by atoms with Crippen molar-refractivity contribution in [3.8, 4) is 0 Å². The van der Waals surface area contributed by atoms with Crippen molar-refractivity contribution in [1.82, 2.24) is 10.9 Å². The van der Waals surface area contributed by atoms with Gasteiger partial charge in [0, 0.05) is 10.9 Å². The maximum atomic E-state index is 12.9. The summed E-state index contributed by atoms with van der Waals surface area (Å²) in [4.78, 5) is 25.5. The molecule has 0 fully saturated rings. The van der Waals surface area contributed by atoms with Gasteiger partial charge in [0.2, 0.25) is 5.91 Å². The number of nitrogens with one attached hydrogen (secondary N) is 2. The van der Waals surface area contributed by atoms with Gasteiger partial charge in [-0.2, -0.15) is 0 Å². The summed E-state index contributed by atoms with van der Waals surface area (Å²) in [6.45, 7) is 3.76. The molecule has 2 N–H and O–H groups in total. The van der Waals surface area contributed by atoms with Crippen LogP contribution in [0.25, 0.3) is 11.0 Å². The summed E-state index contributed by atoms with van der Waals surface area (Å²) in [6.07, 6.45) is 2.66. The number of furan rings is 1. The van der Waals surface area contributed by atoms with E-state index in [0.29, 0.717) is 5.58 Å². The largest absolute Gasteiger partial charge is 0.451 e. The Hall–Kier alpha value is -3.08. The van der Waals surface area contributed by atoms with Crippen molar-refractivity contribution in [2.24, 2.45) is 0 Å². The zero-order chi connectivity index (χ0) is 19.0. The molecule has 0 bridgehead atoms. The molecule has 3 aromatic rings. The summed E-state index contributed by atoms with van der Waals surface area (Å²) < 4.78 is 5.66. The quantitative estimate of drug-likeness (QED) is 0.681. The van der Waals surface area contributed by atoms with Gasteiger partial charge in [0.05, 0.1) is 5.41 Å². The van der Waals surface area contributed by atoms with Crippen LogP contribution in [-0.4, -0.2) is 11.8 Å². The molecule has 1 aromatic heterocycles. The number of aryl methyl sites for hydroxylation is 2. The van der Waals surface area contributed by atoms with Crippen molar-refractivity contribution in [3.63, 3.8) is 0 Å². The lowest BCUT2D eigenvalue weighted by Gasteiger charge is -2.34. The maximum Gasteiger partial charge on any atom is 0.305 e. The summed E-state index contributed by atoms with van der Waals surface area (Å²) in [6, 6.07) is 15.5. The lowest BCUT2D eigenvalue weighted by atomic mass is 9.71. The SMILES string of the molecule is Cc1c(C(=O)NNC(=O)C2(C)CCCc3ccccc32)oc2ccccc12. The maximum absolute atomic E-state index is 12.9. The first-order valence-electron chi connectivity index (χ1n) is 9.18. The van der Waals surface area contributed by atoms with E-state index in [2.05, 4.69) is 16.9 Å². The zero-order valence-corrected chi connectivity index (χ0v) is 15.5. The number of hydrogen-bond donors (Lipinski definition) is 2. The van der Waals surface area contributed by atoms with Crippen LogP contribution in [0.3, 0.4) is 0 Å². The summed E-state index contributed by atoms with van der Waals surface area (Å²) >= 11 is 0. The van der Waals surface area contributed by atoms with Gasteiger partial charge >= 0.3 is 5.91 Å². The van der Waals surface area contributed by atoms with Gasteiger partial charge in [-0.3, -0.25) is 20.4 Å². The Morgan fingerprint density at radius 1 is 1.04 bits per heavy atom. The first kappa shape index (κ1) is 17.3. The molecule has 1 atom stereocenters. The number of benzene rings is 2. The number of hydrazine groups is 1. The number of carbonyl (C=O) groups excluding carboxylic acids is 2. The van der Waals surface area contributed by atoms with Crippen LogP contribution in [0.5, 0.6) is 0 Å². The van der Waals surface area contributed by atoms with Crippen LogP contribution in [0.1, 0.15) is 47.0 Å². The van der Waals surface area contributed by atoms with E-state index >= 15 is 0 Å². The first-order valence-corrected chi connectivity index (χ1v) is 9.18. The summed E-state index contributed by atoms with van der Waals surface area (Å²) in [7, 11) is 0. The summed E-state index contributed by atoms with van der Waals surface area (Å²) in [5.41, 5.74) is 8.10. The predicted molar refractivity (Wildman–Crippen MR) is 103 cm³/mol. The van der Waals surface area contributed by atoms with Crippen LogP contribution < -0.4 is 10.9 Å². The molecule has 4 rings (SSSR count). The smallest absolute Gasteiger partial charge is 0.305 e. The van der Waals surface area contributed by atoms with E-state index in [0.717, 1.165) is 35.8 Å². The standard InChI is InChI=1S/C22H22N2O3/c1-14-16-10-4-6-12-18(16)27-19(14)20(25)23-24-21(26)22(2)13-7-9-15-8-3-5-11-17(15)22/h3-6,8,10-12H,7,9,13H2,1-2H3,(H,23,25)(H,24,26). The van der Waals surface area contributed by atoms with Crippen molar-refractivity contribution in [2.45, 2.75) is 38.5 Å². The molecule has 138 valence electrons. The van der Waals surface area contributed by atoms with Gasteiger partial charge in [-0.05, 0) is 50.3 Å². The molecule has 0 radical (unpaired) electrons. The van der Waals surface area contributed by atoms with Gasteiger partial charge in [-0.25, -0.2) is 0 Å². The lowest BCUT2D eigenvalue weighted by Crippen LogP contribution is -2.51. The molecule has 0 saturated carbocycles. The molecule has 1 heterocycles. The van der Waals surface area contributed by atoms with E-state index in [1.807, 2.05) is 56.3 Å². The minimum Gasteiger partial charge on any atom is -0.451 e. The molecule has 0 aliphatic heterocycles. The Morgan fingerprint density at radius 3 is 2.59 bits per heavy atom. The minimum atomic E-state index is -0.662. The topological polar surface area (TPSA) is 71.3 Å². The van der Waals surface area contributed by atoms with Gasteiger partial charge in [0.1, 0.15) is 5.58 Å². The van der Waals surface area contributed by atoms with Crippen molar-refractivity contribution in [1.29, 1.82) is 0 Å².